The Morgan fingerprint density at radius 1 is 1.00 bits per heavy atom. The first kappa shape index (κ1) is 13.0. The van der Waals surface area contributed by atoms with E-state index >= 15 is 0 Å². The molecule has 0 atom stereocenters. The van der Waals surface area contributed by atoms with Crippen molar-refractivity contribution in [3.63, 3.8) is 0 Å². The van der Waals surface area contributed by atoms with E-state index in [-0.39, 0.29) is 30.3 Å². The highest BCUT2D eigenvalue weighted by Gasteiger charge is 2.10. The minimum Gasteiger partial charge on any atom is -0.422 e. The van der Waals surface area contributed by atoms with Crippen molar-refractivity contribution < 1.29 is 24.1 Å². The van der Waals surface area contributed by atoms with Gasteiger partial charge in [0, 0.05) is 12.8 Å². The van der Waals surface area contributed by atoms with Gasteiger partial charge in [0.15, 0.2) is 5.75 Å². The second kappa shape index (κ2) is 6.52. The Kier molecular flexibility index (Phi) is 5.00. The van der Waals surface area contributed by atoms with Gasteiger partial charge in [0.1, 0.15) is 0 Å². The van der Waals surface area contributed by atoms with E-state index in [2.05, 4.69) is 4.89 Å². The number of hydrogen-bond donors (Lipinski definition) is 0. The number of carbonyl (C=O) groups is 2. The Labute approximate surface area is 99.2 Å². The van der Waals surface area contributed by atoms with Gasteiger partial charge in [0.05, 0.1) is 0 Å². The van der Waals surface area contributed by atoms with Gasteiger partial charge in [0.25, 0.3) is 0 Å². The van der Waals surface area contributed by atoms with E-state index in [0.717, 1.165) is 0 Å². The van der Waals surface area contributed by atoms with Crippen molar-refractivity contribution in [1.82, 2.24) is 0 Å². The number of esters is 1. The monoisotopic (exact) mass is 238 g/mol. The first-order valence-electron chi connectivity index (χ1n) is 5.34. The molecule has 1 aromatic rings. The third kappa shape index (κ3) is 4.14. The normalized spacial score (nSPS) is 9.53. The minimum absolute atomic E-state index is 0.191. The highest BCUT2D eigenvalue weighted by molar-refractivity contribution is 5.73. The van der Waals surface area contributed by atoms with Crippen molar-refractivity contribution in [2.75, 3.05) is 0 Å². The van der Waals surface area contributed by atoms with Crippen molar-refractivity contribution in [1.29, 1.82) is 0 Å². The van der Waals surface area contributed by atoms with E-state index in [1.54, 1.807) is 38.1 Å². The van der Waals surface area contributed by atoms with Crippen molar-refractivity contribution in [2.24, 2.45) is 0 Å². The molecule has 0 fully saturated rings. The Bertz CT molecular complexity index is 400. The molecule has 0 aromatic heterocycles. The molecular weight excluding hydrogens is 224 g/mol. The van der Waals surface area contributed by atoms with E-state index in [1.807, 2.05) is 0 Å². The summed E-state index contributed by atoms with van der Waals surface area (Å²) in [6.07, 6.45) is 0.458. The molecule has 0 heterocycles. The maximum absolute atomic E-state index is 11.1. The molecule has 0 saturated carbocycles. The summed E-state index contributed by atoms with van der Waals surface area (Å²) in [5, 5.41) is 0. The summed E-state index contributed by atoms with van der Waals surface area (Å²) in [6.45, 7) is 3.33. The van der Waals surface area contributed by atoms with Gasteiger partial charge in [-0.3, -0.25) is 14.6 Å². The van der Waals surface area contributed by atoms with Gasteiger partial charge in [-0.15, -0.1) is 0 Å². The van der Waals surface area contributed by atoms with Gasteiger partial charge < -0.3 is 4.74 Å². The molecule has 0 amide bonds. The van der Waals surface area contributed by atoms with Crippen LogP contribution in [0.2, 0.25) is 0 Å². The quantitative estimate of drug-likeness (QED) is 0.341. The maximum Gasteiger partial charge on any atom is 0.355 e. The van der Waals surface area contributed by atoms with E-state index in [0.29, 0.717) is 0 Å². The minimum atomic E-state index is -0.498. The lowest BCUT2D eigenvalue weighted by Gasteiger charge is -2.08. The predicted octanol–water partition coefficient (Wildman–Crippen LogP) is 2.25. The van der Waals surface area contributed by atoms with Gasteiger partial charge >= 0.3 is 11.9 Å². The number of hydrogen-bond acceptors (Lipinski definition) is 5. The first-order valence-corrected chi connectivity index (χ1v) is 5.34. The van der Waals surface area contributed by atoms with Crippen LogP contribution in [0, 0.1) is 0 Å². The Hall–Kier alpha value is -2.04. The predicted molar refractivity (Wildman–Crippen MR) is 59.4 cm³/mol. The van der Waals surface area contributed by atoms with E-state index < -0.39 is 5.97 Å². The van der Waals surface area contributed by atoms with Crippen LogP contribution in [0.5, 0.6) is 11.5 Å². The summed E-state index contributed by atoms with van der Waals surface area (Å²) < 4.78 is 5.01. The molecule has 0 radical (unpaired) electrons. The van der Waals surface area contributed by atoms with Crippen LogP contribution < -0.4 is 9.62 Å². The van der Waals surface area contributed by atoms with Gasteiger partial charge in [-0.2, -0.15) is 0 Å². The molecule has 1 rings (SSSR count). The van der Waals surface area contributed by atoms with Gasteiger partial charge in [-0.25, -0.2) is 4.79 Å². The van der Waals surface area contributed by atoms with Gasteiger partial charge in [-0.05, 0) is 12.1 Å². The lowest BCUT2D eigenvalue weighted by atomic mass is 10.3. The van der Waals surface area contributed by atoms with Crippen LogP contribution in [0.4, 0.5) is 0 Å². The highest BCUT2D eigenvalue weighted by Crippen LogP contribution is 2.26. The fourth-order valence-electron chi connectivity index (χ4n) is 0.948. The molecule has 0 aliphatic rings. The summed E-state index contributed by atoms with van der Waals surface area (Å²) in [5.74, 6) is -0.469. The van der Waals surface area contributed by atoms with E-state index in [1.165, 1.54) is 0 Å². The van der Waals surface area contributed by atoms with Gasteiger partial charge in [-0.1, -0.05) is 26.0 Å². The SMILES string of the molecule is CCC(=O)OOc1ccccc1OC(=O)CC. The number of rotatable bonds is 5. The molecule has 1 aromatic carbocycles. The second-order valence-corrected chi connectivity index (χ2v) is 3.17. The van der Waals surface area contributed by atoms with E-state index in [4.69, 9.17) is 9.62 Å². The molecular formula is C12H14O5. The third-order valence-corrected chi connectivity index (χ3v) is 1.87. The Balaban J connectivity index is 2.70. The highest BCUT2D eigenvalue weighted by atomic mass is 17.2. The van der Waals surface area contributed by atoms with Crippen LogP contribution in [-0.4, -0.2) is 11.9 Å². The van der Waals surface area contributed by atoms with Crippen LogP contribution in [0.3, 0.4) is 0 Å². The van der Waals surface area contributed by atoms with Crippen molar-refractivity contribution in [3.05, 3.63) is 24.3 Å². The molecule has 0 unspecified atom stereocenters. The van der Waals surface area contributed by atoms with Crippen molar-refractivity contribution in [2.45, 2.75) is 26.7 Å². The molecule has 0 saturated heterocycles. The molecule has 92 valence electrons. The molecule has 0 bridgehead atoms. The number of benzene rings is 1. The Morgan fingerprint density at radius 3 is 2.18 bits per heavy atom. The van der Waals surface area contributed by atoms with Crippen LogP contribution in [0.1, 0.15) is 26.7 Å². The standard InChI is InChI=1S/C12H14O5/c1-3-11(13)15-9-7-5-6-8-10(9)16-17-12(14)4-2/h5-8H,3-4H2,1-2H3. The van der Waals surface area contributed by atoms with Crippen LogP contribution in [-0.2, 0) is 14.5 Å². The van der Waals surface area contributed by atoms with Crippen LogP contribution in [0.25, 0.3) is 0 Å². The number of ether oxygens (including phenoxy) is 1. The molecule has 5 heteroatoms. The fourth-order valence-corrected chi connectivity index (χ4v) is 0.948. The van der Waals surface area contributed by atoms with Crippen molar-refractivity contribution >= 4 is 11.9 Å². The average molecular weight is 238 g/mol. The topological polar surface area (TPSA) is 61.8 Å². The lowest BCUT2D eigenvalue weighted by Crippen LogP contribution is -2.09. The number of carbonyl (C=O) groups excluding carboxylic acids is 2. The molecule has 0 spiro atoms. The molecule has 17 heavy (non-hydrogen) atoms. The van der Waals surface area contributed by atoms with Crippen LogP contribution >= 0.6 is 0 Å². The molecule has 0 N–H and O–H groups in total. The zero-order chi connectivity index (χ0) is 12.7. The van der Waals surface area contributed by atoms with Crippen LogP contribution in [0.15, 0.2) is 24.3 Å². The lowest BCUT2D eigenvalue weighted by molar-refractivity contribution is -0.213. The summed E-state index contributed by atoms with van der Waals surface area (Å²) in [4.78, 5) is 31.4. The summed E-state index contributed by atoms with van der Waals surface area (Å²) >= 11 is 0. The Morgan fingerprint density at radius 2 is 1.59 bits per heavy atom. The molecule has 5 nitrogen and oxygen atoms in total. The summed E-state index contributed by atoms with van der Waals surface area (Å²) in [5.41, 5.74) is 0. The average Bonchev–Trinajstić information content (AvgIpc) is 2.37. The van der Waals surface area contributed by atoms with Gasteiger partial charge in [0.2, 0.25) is 5.75 Å². The zero-order valence-corrected chi connectivity index (χ0v) is 9.76. The zero-order valence-electron chi connectivity index (χ0n) is 9.76. The third-order valence-electron chi connectivity index (χ3n) is 1.87. The molecule has 0 aliphatic carbocycles. The van der Waals surface area contributed by atoms with E-state index in [9.17, 15) is 9.59 Å². The van der Waals surface area contributed by atoms with Crippen molar-refractivity contribution in [3.8, 4) is 11.5 Å². The fraction of sp³-hybridized carbons (Fsp3) is 0.333. The summed E-state index contributed by atoms with van der Waals surface area (Å²) in [6, 6.07) is 6.47. The maximum atomic E-state index is 11.1. The largest absolute Gasteiger partial charge is 0.422 e. The summed E-state index contributed by atoms with van der Waals surface area (Å²) in [7, 11) is 0. The number of para-hydroxylation sites is 2. The second-order valence-electron chi connectivity index (χ2n) is 3.17. The first-order chi connectivity index (χ1) is 8.17. The molecule has 0 aliphatic heterocycles. The smallest absolute Gasteiger partial charge is 0.355 e.